The number of nitrogens with one attached hydrogen (secondary N) is 1. The zero-order valence-corrected chi connectivity index (χ0v) is 8.85. The average molecular weight is 242 g/mol. The normalized spacial score (nSPS) is 23.6. The Hall–Kier alpha value is -1.96. The van der Waals surface area contributed by atoms with Gasteiger partial charge in [-0.1, -0.05) is 0 Å². The first-order valence-corrected chi connectivity index (χ1v) is 4.90. The predicted molar refractivity (Wildman–Crippen MR) is 58.0 cm³/mol. The number of alkyl halides is 2. The van der Waals surface area contributed by atoms with Crippen LogP contribution >= 0.6 is 0 Å². The molecular weight excluding hydrogens is 230 g/mol. The zero-order chi connectivity index (χ0) is 12.5. The molecule has 0 fully saturated rings. The van der Waals surface area contributed by atoms with E-state index >= 15 is 0 Å². The molecule has 0 bridgehead atoms. The van der Waals surface area contributed by atoms with E-state index < -0.39 is 18.8 Å². The smallest absolute Gasteiger partial charge is 0.257 e. The fourth-order valence-electron chi connectivity index (χ4n) is 1.59. The molecule has 0 spiro atoms. The van der Waals surface area contributed by atoms with Crippen LogP contribution in [0.15, 0.2) is 29.5 Å². The van der Waals surface area contributed by atoms with Crippen molar-refractivity contribution in [2.24, 2.45) is 16.5 Å². The van der Waals surface area contributed by atoms with Crippen LogP contribution in [-0.4, -0.2) is 22.0 Å². The van der Waals surface area contributed by atoms with Gasteiger partial charge in [0.25, 0.3) is 6.43 Å². The van der Waals surface area contributed by atoms with Gasteiger partial charge in [0.2, 0.25) is 5.79 Å². The Morgan fingerprint density at radius 3 is 2.94 bits per heavy atom. The summed E-state index contributed by atoms with van der Waals surface area (Å²) in [5.41, 5.74) is 11.8. The van der Waals surface area contributed by atoms with Crippen LogP contribution in [0.25, 0.3) is 0 Å². The Morgan fingerprint density at radius 2 is 2.29 bits per heavy atom. The van der Waals surface area contributed by atoms with Crippen molar-refractivity contribution in [3.8, 4) is 0 Å². The average Bonchev–Trinajstić information content (AvgIpc) is 2.65. The van der Waals surface area contributed by atoms with Crippen molar-refractivity contribution in [1.29, 1.82) is 0 Å². The van der Waals surface area contributed by atoms with Gasteiger partial charge in [0, 0.05) is 12.4 Å². The highest BCUT2D eigenvalue weighted by Gasteiger charge is 2.31. The molecule has 0 saturated carbocycles. The molecule has 1 aliphatic rings. The van der Waals surface area contributed by atoms with Gasteiger partial charge < -0.3 is 11.1 Å². The predicted octanol–water partition coefficient (Wildman–Crippen LogP) is -0.309. The summed E-state index contributed by atoms with van der Waals surface area (Å²) < 4.78 is 25.8. The SMILES string of the molecule is NC1=NC(N)(c2ccnn2CC(F)F)NC=C1. The molecule has 0 amide bonds. The summed E-state index contributed by atoms with van der Waals surface area (Å²) in [7, 11) is 0. The number of nitrogens with zero attached hydrogens (tertiary/aromatic N) is 3. The third kappa shape index (κ3) is 2.26. The Morgan fingerprint density at radius 1 is 1.53 bits per heavy atom. The Bertz CT molecular complexity index is 466. The van der Waals surface area contributed by atoms with Crippen LogP contribution in [0.4, 0.5) is 8.78 Å². The molecule has 1 aliphatic heterocycles. The molecule has 1 aromatic heterocycles. The molecule has 2 rings (SSSR count). The second-order valence-electron chi connectivity index (χ2n) is 3.57. The number of hydrogen-bond donors (Lipinski definition) is 3. The minimum atomic E-state index is -2.52. The second-order valence-corrected chi connectivity index (χ2v) is 3.57. The van der Waals surface area contributed by atoms with Gasteiger partial charge in [-0.15, -0.1) is 0 Å². The van der Waals surface area contributed by atoms with E-state index in [2.05, 4.69) is 15.4 Å². The van der Waals surface area contributed by atoms with E-state index in [1.54, 1.807) is 0 Å². The molecule has 1 aromatic rings. The molecule has 0 aromatic carbocycles. The summed E-state index contributed by atoms with van der Waals surface area (Å²) in [6.45, 7) is -0.540. The molecule has 0 aliphatic carbocycles. The highest BCUT2D eigenvalue weighted by molar-refractivity contribution is 5.92. The van der Waals surface area contributed by atoms with Crippen molar-refractivity contribution < 1.29 is 8.78 Å². The van der Waals surface area contributed by atoms with Gasteiger partial charge in [0.05, 0.1) is 0 Å². The topological polar surface area (TPSA) is 94.2 Å². The minimum absolute atomic E-state index is 0.219. The summed E-state index contributed by atoms with van der Waals surface area (Å²) in [5, 5.41) is 6.55. The van der Waals surface area contributed by atoms with Crippen LogP contribution < -0.4 is 16.8 Å². The zero-order valence-electron chi connectivity index (χ0n) is 8.85. The number of aromatic nitrogens is 2. The number of hydrogen-bond acceptors (Lipinski definition) is 5. The van der Waals surface area contributed by atoms with Crippen LogP contribution in [0.1, 0.15) is 5.69 Å². The largest absolute Gasteiger partial charge is 0.384 e. The molecule has 5 N–H and O–H groups in total. The summed E-state index contributed by atoms with van der Waals surface area (Å²) in [6.07, 6.45) is 1.91. The minimum Gasteiger partial charge on any atom is -0.384 e. The summed E-state index contributed by atoms with van der Waals surface area (Å²) >= 11 is 0. The lowest BCUT2D eigenvalue weighted by Crippen LogP contribution is -2.51. The van der Waals surface area contributed by atoms with E-state index in [1.807, 2.05) is 0 Å². The molecular formula is C9H12F2N6. The Kier molecular flexibility index (Phi) is 2.80. The number of rotatable bonds is 3. The molecule has 0 saturated heterocycles. The fraction of sp³-hybridized carbons (Fsp3) is 0.333. The van der Waals surface area contributed by atoms with Crippen molar-refractivity contribution in [2.75, 3.05) is 0 Å². The number of halogens is 2. The van der Waals surface area contributed by atoms with E-state index in [4.69, 9.17) is 11.5 Å². The molecule has 1 unspecified atom stereocenters. The summed E-state index contributed by atoms with van der Waals surface area (Å²) in [6, 6.07) is 1.52. The Balaban J connectivity index is 2.34. The maximum atomic E-state index is 12.4. The van der Waals surface area contributed by atoms with Crippen LogP contribution in [0.5, 0.6) is 0 Å². The summed E-state index contributed by atoms with van der Waals surface area (Å²) in [5.74, 6) is -1.14. The maximum Gasteiger partial charge on any atom is 0.257 e. The van der Waals surface area contributed by atoms with Gasteiger partial charge in [0.1, 0.15) is 18.1 Å². The monoisotopic (exact) mass is 242 g/mol. The molecule has 92 valence electrons. The standard InChI is InChI=1S/C9H12F2N6/c10-7(11)5-17-6(1-4-15-17)9(13)14-3-2-8(12)16-9/h1-4,7,14H,5,13H2,(H2,12,16). The van der Waals surface area contributed by atoms with Crippen molar-refractivity contribution in [3.05, 3.63) is 30.2 Å². The van der Waals surface area contributed by atoms with Crippen molar-refractivity contribution >= 4 is 5.84 Å². The van der Waals surface area contributed by atoms with Gasteiger partial charge in [-0.25, -0.2) is 13.8 Å². The van der Waals surface area contributed by atoms with Gasteiger partial charge in [0.15, 0.2) is 0 Å². The van der Waals surface area contributed by atoms with Gasteiger partial charge in [-0.05, 0) is 12.1 Å². The van der Waals surface area contributed by atoms with Crippen LogP contribution in [-0.2, 0) is 12.3 Å². The first-order chi connectivity index (χ1) is 8.01. The lowest BCUT2D eigenvalue weighted by molar-refractivity contribution is 0.118. The number of aliphatic imine (C=N–C) groups is 1. The molecule has 2 heterocycles. The fourth-order valence-corrected chi connectivity index (χ4v) is 1.59. The highest BCUT2D eigenvalue weighted by atomic mass is 19.3. The second kappa shape index (κ2) is 4.13. The van der Waals surface area contributed by atoms with Crippen LogP contribution in [0.3, 0.4) is 0 Å². The van der Waals surface area contributed by atoms with E-state index in [9.17, 15) is 8.78 Å². The van der Waals surface area contributed by atoms with Crippen LogP contribution in [0.2, 0.25) is 0 Å². The first-order valence-electron chi connectivity index (χ1n) is 4.90. The van der Waals surface area contributed by atoms with E-state index in [-0.39, 0.29) is 5.84 Å². The van der Waals surface area contributed by atoms with E-state index in [0.717, 1.165) is 4.68 Å². The molecule has 17 heavy (non-hydrogen) atoms. The van der Waals surface area contributed by atoms with Gasteiger partial charge in [-0.3, -0.25) is 10.4 Å². The third-order valence-corrected chi connectivity index (χ3v) is 2.28. The van der Waals surface area contributed by atoms with Gasteiger partial charge >= 0.3 is 0 Å². The quantitative estimate of drug-likeness (QED) is 0.677. The molecule has 6 nitrogen and oxygen atoms in total. The van der Waals surface area contributed by atoms with E-state index in [0.29, 0.717) is 5.69 Å². The van der Waals surface area contributed by atoms with E-state index in [1.165, 1.54) is 24.5 Å². The summed E-state index contributed by atoms with van der Waals surface area (Å²) in [4.78, 5) is 3.99. The lowest BCUT2D eigenvalue weighted by Gasteiger charge is -2.28. The molecule has 0 radical (unpaired) electrons. The molecule has 1 atom stereocenters. The maximum absolute atomic E-state index is 12.4. The Labute approximate surface area is 96.0 Å². The van der Waals surface area contributed by atoms with Gasteiger partial charge in [-0.2, -0.15) is 5.10 Å². The number of nitrogens with two attached hydrogens (primary N) is 2. The van der Waals surface area contributed by atoms with Crippen molar-refractivity contribution in [2.45, 2.75) is 18.8 Å². The first kappa shape index (κ1) is 11.5. The van der Waals surface area contributed by atoms with Crippen molar-refractivity contribution in [3.63, 3.8) is 0 Å². The lowest BCUT2D eigenvalue weighted by atomic mass is 10.2. The highest BCUT2D eigenvalue weighted by Crippen LogP contribution is 2.19. The van der Waals surface area contributed by atoms with Crippen LogP contribution in [0, 0.1) is 0 Å². The molecule has 8 heteroatoms. The third-order valence-electron chi connectivity index (χ3n) is 2.28. The number of amidine groups is 1. The van der Waals surface area contributed by atoms with Crippen molar-refractivity contribution in [1.82, 2.24) is 15.1 Å².